The fraction of sp³-hybridized carbons (Fsp3) is 0.545. The van der Waals surface area contributed by atoms with Crippen LogP contribution in [0.4, 0.5) is 5.82 Å². The summed E-state index contributed by atoms with van der Waals surface area (Å²) in [5, 5.41) is -0.152. The van der Waals surface area contributed by atoms with Gasteiger partial charge in [-0.15, -0.1) is 0 Å². The molecule has 4 nitrogen and oxygen atoms in total. The van der Waals surface area contributed by atoms with Crippen LogP contribution in [-0.4, -0.2) is 25.2 Å². The van der Waals surface area contributed by atoms with Gasteiger partial charge in [0.25, 0.3) is 0 Å². The lowest BCUT2D eigenvalue weighted by Gasteiger charge is -2.29. The Kier molecular flexibility index (Phi) is 2.17. The Morgan fingerprint density at radius 2 is 2.19 bits per heavy atom. The first kappa shape index (κ1) is 10.1. The van der Waals surface area contributed by atoms with Gasteiger partial charge in [0.05, 0.1) is 5.25 Å². The molecule has 1 saturated carbocycles. The van der Waals surface area contributed by atoms with E-state index < -0.39 is 10.0 Å². The Balaban J connectivity index is 2.04. The molecular formula is C11H14N2O2S. The molecule has 1 fully saturated rings. The highest BCUT2D eigenvalue weighted by Crippen LogP contribution is 2.35. The second kappa shape index (κ2) is 3.45. The molecule has 3 rings (SSSR count). The minimum atomic E-state index is -3.13. The van der Waals surface area contributed by atoms with Gasteiger partial charge in [-0.3, -0.25) is 4.31 Å². The van der Waals surface area contributed by atoms with Crippen LogP contribution >= 0.6 is 0 Å². The molecule has 0 aromatic carbocycles. The summed E-state index contributed by atoms with van der Waals surface area (Å²) in [5.41, 5.74) is 1.05. The minimum Gasteiger partial charge on any atom is -0.253 e. The van der Waals surface area contributed by atoms with Gasteiger partial charge in [0.2, 0.25) is 10.0 Å². The lowest BCUT2D eigenvalue weighted by molar-refractivity contribution is 0.584. The van der Waals surface area contributed by atoms with E-state index in [9.17, 15) is 8.42 Å². The van der Waals surface area contributed by atoms with E-state index in [0.29, 0.717) is 12.4 Å². The molecule has 0 amide bonds. The number of nitrogens with zero attached hydrogens (tertiary/aromatic N) is 2. The average molecular weight is 238 g/mol. The molecule has 16 heavy (non-hydrogen) atoms. The molecule has 1 aromatic rings. The number of hydrogen-bond donors (Lipinski definition) is 0. The number of aryl methyl sites for hydroxylation is 1. The molecule has 0 unspecified atom stereocenters. The van der Waals surface area contributed by atoms with Crippen molar-refractivity contribution in [3.8, 4) is 0 Å². The Labute approximate surface area is 95.3 Å². The van der Waals surface area contributed by atoms with Gasteiger partial charge in [-0.2, -0.15) is 0 Å². The average Bonchev–Trinajstić information content (AvgIpc) is 3.12. The maximum absolute atomic E-state index is 12.2. The summed E-state index contributed by atoms with van der Waals surface area (Å²) in [6.07, 6.45) is 5.10. The van der Waals surface area contributed by atoms with E-state index >= 15 is 0 Å². The monoisotopic (exact) mass is 238 g/mol. The summed E-state index contributed by atoms with van der Waals surface area (Å²) in [6, 6.07) is 3.84. The second-order valence-electron chi connectivity index (χ2n) is 4.41. The van der Waals surface area contributed by atoms with Crippen molar-refractivity contribution >= 4 is 15.8 Å². The summed E-state index contributed by atoms with van der Waals surface area (Å²) in [5.74, 6) is 0.653. The zero-order valence-corrected chi connectivity index (χ0v) is 9.78. The number of aromatic nitrogens is 1. The highest BCUT2D eigenvalue weighted by molar-refractivity contribution is 7.93. The van der Waals surface area contributed by atoms with Crippen molar-refractivity contribution in [1.82, 2.24) is 4.98 Å². The SMILES string of the molecule is O=S(=O)(C1CC1)N1CCCc2cccnc21. The van der Waals surface area contributed by atoms with Crippen molar-refractivity contribution in [3.63, 3.8) is 0 Å². The second-order valence-corrected chi connectivity index (χ2v) is 6.54. The van der Waals surface area contributed by atoms with Crippen molar-refractivity contribution in [1.29, 1.82) is 0 Å². The number of sulfonamides is 1. The van der Waals surface area contributed by atoms with Crippen molar-refractivity contribution in [2.24, 2.45) is 0 Å². The molecular weight excluding hydrogens is 224 g/mol. The Bertz CT molecular complexity index is 508. The Morgan fingerprint density at radius 1 is 1.38 bits per heavy atom. The van der Waals surface area contributed by atoms with Gasteiger partial charge in [0.15, 0.2) is 0 Å². The van der Waals surface area contributed by atoms with E-state index in [0.717, 1.165) is 31.2 Å². The van der Waals surface area contributed by atoms with Crippen molar-refractivity contribution in [2.75, 3.05) is 10.8 Å². The summed E-state index contributed by atoms with van der Waals surface area (Å²) >= 11 is 0. The molecule has 5 heteroatoms. The predicted octanol–water partition coefficient (Wildman–Crippen LogP) is 1.33. The molecule has 0 N–H and O–H groups in total. The number of anilines is 1. The van der Waals surface area contributed by atoms with Crippen LogP contribution in [0.5, 0.6) is 0 Å². The van der Waals surface area contributed by atoms with E-state index in [-0.39, 0.29) is 5.25 Å². The molecule has 1 aromatic heterocycles. The van der Waals surface area contributed by atoms with Crippen LogP contribution < -0.4 is 4.31 Å². The van der Waals surface area contributed by atoms with Gasteiger partial charge in [0, 0.05) is 12.7 Å². The zero-order chi connectivity index (χ0) is 11.2. The van der Waals surface area contributed by atoms with Crippen LogP contribution in [-0.2, 0) is 16.4 Å². The fourth-order valence-corrected chi connectivity index (χ4v) is 4.04. The predicted molar refractivity (Wildman–Crippen MR) is 61.8 cm³/mol. The Morgan fingerprint density at radius 3 is 2.94 bits per heavy atom. The highest BCUT2D eigenvalue weighted by Gasteiger charge is 2.41. The zero-order valence-electron chi connectivity index (χ0n) is 8.96. The third-order valence-electron chi connectivity index (χ3n) is 3.16. The van der Waals surface area contributed by atoms with Crippen LogP contribution in [0.1, 0.15) is 24.8 Å². The van der Waals surface area contributed by atoms with E-state index in [4.69, 9.17) is 0 Å². The molecule has 2 aliphatic rings. The molecule has 1 aliphatic carbocycles. The number of pyridine rings is 1. The van der Waals surface area contributed by atoms with Crippen molar-refractivity contribution in [3.05, 3.63) is 23.9 Å². The maximum Gasteiger partial charge on any atom is 0.239 e. The van der Waals surface area contributed by atoms with E-state index in [1.165, 1.54) is 4.31 Å². The van der Waals surface area contributed by atoms with Gasteiger partial charge in [-0.05, 0) is 37.3 Å². The molecule has 0 radical (unpaired) electrons. The third kappa shape index (κ3) is 1.50. The molecule has 0 atom stereocenters. The largest absolute Gasteiger partial charge is 0.253 e. The van der Waals surface area contributed by atoms with Crippen LogP contribution in [0.2, 0.25) is 0 Å². The Hall–Kier alpha value is -1.10. The van der Waals surface area contributed by atoms with Crippen LogP contribution in [0, 0.1) is 0 Å². The lowest BCUT2D eigenvalue weighted by atomic mass is 10.1. The standard InChI is InChI=1S/C11H14N2O2S/c14-16(15,10-5-6-10)13-8-2-4-9-3-1-7-12-11(9)13/h1,3,7,10H,2,4-6,8H2. The maximum atomic E-state index is 12.2. The fourth-order valence-electron chi connectivity index (χ4n) is 2.16. The molecule has 2 heterocycles. The van der Waals surface area contributed by atoms with E-state index in [2.05, 4.69) is 4.98 Å². The van der Waals surface area contributed by atoms with Gasteiger partial charge in [0.1, 0.15) is 5.82 Å². The first-order chi connectivity index (χ1) is 7.69. The number of hydrogen-bond acceptors (Lipinski definition) is 3. The summed E-state index contributed by atoms with van der Waals surface area (Å²) in [7, 11) is -3.13. The normalized spacial score (nSPS) is 20.6. The highest BCUT2D eigenvalue weighted by atomic mass is 32.2. The third-order valence-corrected chi connectivity index (χ3v) is 5.45. The van der Waals surface area contributed by atoms with Crippen LogP contribution in [0.3, 0.4) is 0 Å². The number of fused-ring (bicyclic) bond motifs is 1. The smallest absolute Gasteiger partial charge is 0.239 e. The number of rotatable bonds is 2. The summed E-state index contributed by atoms with van der Waals surface area (Å²) in [4.78, 5) is 4.22. The quantitative estimate of drug-likeness (QED) is 0.781. The van der Waals surface area contributed by atoms with Crippen molar-refractivity contribution in [2.45, 2.75) is 30.9 Å². The molecule has 1 aliphatic heterocycles. The van der Waals surface area contributed by atoms with Gasteiger partial charge < -0.3 is 0 Å². The van der Waals surface area contributed by atoms with Crippen LogP contribution in [0.25, 0.3) is 0 Å². The summed E-state index contributed by atoms with van der Waals surface area (Å²) < 4.78 is 25.9. The first-order valence-electron chi connectivity index (χ1n) is 5.65. The summed E-state index contributed by atoms with van der Waals surface area (Å²) in [6.45, 7) is 0.586. The molecule has 0 bridgehead atoms. The van der Waals surface area contributed by atoms with Gasteiger partial charge >= 0.3 is 0 Å². The first-order valence-corrected chi connectivity index (χ1v) is 7.15. The van der Waals surface area contributed by atoms with Gasteiger partial charge in [-0.1, -0.05) is 6.07 Å². The topological polar surface area (TPSA) is 50.3 Å². The van der Waals surface area contributed by atoms with E-state index in [1.54, 1.807) is 6.20 Å². The molecule has 0 saturated heterocycles. The molecule has 0 spiro atoms. The minimum absolute atomic E-state index is 0.152. The van der Waals surface area contributed by atoms with E-state index in [1.807, 2.05) is 12.1 Å². The van der Waals surface area contributed by atoms with Crippen molar-refractivity contribution < 1.29 is 8.42 Å². The lowest BCUT2D eigenvalue weighted by Crippen LogP contribution is -2.38. The van der Waals surface area contributed by atoms with Crippen LogP contribution in [0.15, 0.2) is 18.3 Å². The molecule has 86 valence electrons. The van der Waals surface area contributed by atoms with Gasteiger partial charge in [-0.25, -0.2) is 13.4 Å².